The number of esters is 1. The molecule has 1 aromatic carbocycles. The largest absolute Gasteiger partial charge is 0.506 e. The Morgan fingerprint density at radius 2 is 1.86 bits per heavy atom. The molecule has 156 valence electrons. The quantitative estimate of drug-likeness (QED) is 0.292. The molecule has 2 rings (SSSR count). The summed E-state index contributed by atoms with van der Waals surface area (Å²) in [5.41, 5.74) is 0.899. The third-order valence-corrected chi connectivity index (χ3v) is 4.91. The number of rotatable bonds is 9. The maximum Gasteiger partial charge on any atom is 0.305 e. The maximum absolute atomic E-state index is 11.1. The summed E-state index contributed by atoms with van der Waals surface area (Å²) in [6.45, 7) is 7.18. The lowest BCUT2D eigenvalue weighted by atomic mass is 10.1. The number of carbonyl (C=O) groups is 1. The van der Waals surface area contributed by atoms with Crippen LogP contribution in [0, 0.1) is 0 Å². The summed E-state index contributed by atoms with van der Waals surface area (Å²) in [4.78, 5) is 20.4. The molecule has 1 aliphatic heterocycles. The van der Waals surface area contributed by atoms with Crippen molar-refractivity contribution in [3.8, 4) is 5.75 Å². The Bertz CT molecular complexity index is 628. The number of methoxy groups -OCH3 is 1. The number of phenolic OH excluding ortho intramolecular Hbond substituents is 1. The molecule has 0 aliphatic carbocycles. The van der Waals surface area contributed by atoms with Gasteiger partial charge in [-0.2, -0.15) is 0 Å². The van der Waals surface area contributed by atoms with Gasteiger partial charge in [-0.15, -0.1) is 0 Å². The highest BCUT2D eigenvalue weighted by Crippen LogP contribution is 2.27. The van der Waals surface area contributed by atoms with Crippen molar-refractivity contribution in [2.24, 2.45) is 4.99 Å². The molecule has 2 N–H and O–H groups in total. The highest BCUT2D eigenvalue weighted by Gasteiger charge is 2.21. The van der Waals surface area contributed by atoms with Gasteiger partial charge in [0.2, 0.25) is 0 Å². The molecule has 0 spiro atoms. The standard InChI is InChI=1S/C21H34N4O3/c1-3-22-21(23-13-9-5-4-6-12-20(27)28-2)25-16-14-24(15-17-25)18-10-7-8-11-19(18)26/h7-8,10-11,26H,3-6,9,12-17H2,1-2H3,(H,22,23). The molecule has 0 aromatic heterocycles. The van der Waals surface area contributed by atoms with E-state index >= 15 is 0 Å². The van der Waals surface area contributed by atoms with Crippen LogP contribution in [0.4, 0.5) is 5.69 Å². The van der Waals surface area contributed by atoms with Gasteiger partial charge in [-0.3, -0.25) is 9.79 Å². The van der Waals surface area contributed by atoms with Crippen molar-refractivity contribution >= 4 is 17.6 Å². The Labute approximate surface area is 168 Å². The first-order chi connectivity index (χ1) is 13.7. The highest BCUT2D eigenvalue weighted by atomic mass is 16.5. The van der Waals surface area contributed by atoms with E-state index in [1.54, 1.807) is 6.07 Å². The average molecular weight is 391 g/mol. The van der Waals surface area contributed by atoms with E-state index in [1.807, 2.05) is 18.2 Å². The summed E-state index contributed by atoms with van der Waals surface area (Å²) >= 11 is 0. The van der Waals surface area contributed by atoms with Crippen LogP contribution in [0.3, 0.4) is 0 Å². The molecule has 7 nitrogen and oxygen atoms in total. The number of nitrogens with zero attached hydrogens (tertiary/aromatic N) is 3. The van der Waals surface area contributed by atoms with Gasteiger partial charge in [-0.05, 0) is 31.9 Å². The second-order valence-corrected chi connectivity index (χ2v) is 6.94. The number of hydrogen-bond acceptors (Lipinski definition) is 5. The van der Waals surface area contributed by atoms with Gasteiger partial charge in [-0.25, -0.2) is 0 Å². The van der Waals surface area contributed by atoms with Crippen molar-refractivity contribution in [1.82, 2.24) is 10.2 Å². The van der Waals surface area contributed by atoms with E-state index in [4.69, 9.17) is 4.99 Å². The van der Waals surface area contributed by atoms with Crippen LogP contribution < -0.4 is 10.2 Å². The van der Waals surface area contributed by atoms with Gasteiger partial charge >= 0.3 is 5.97 Å². The van der Waals surface area contributed by atoms with Crippen molar-refractivity contribution in [1.29, 1.82) is 0 Å². The van der Waals surface area contributed by atoms with Gasteiger partial charge in [-0.1, -0.05) is 25.0 Å². The summed E-state index contributed by atoms with van der Waals surface area (Å²) in [5, 5.41) is 13.4. The number of hydrogen-bond donors (Lipinski definition) is 2. The first kappa shape index (κ1) is 21.9. The Morgan fingerprint density at radius 3 is 2.54 bits per heavy atom. The van der Waals surface area contributed by atoms with Gasteiger partial charge in [0, 0.05) is 45.7 Å². The van der Waals surface area contributed by atoms with E-state index in [-0.39, 0.29) is 5.97 Å². The zero-order valence-electron chi connectivity index (χ0n) is 17.2. The Morgan fingerprint density at radius 1 is 1.14 bits per heavy atom. The number of anilines is 1. The van der Waals surface area contributed by atoms with Crippen molar-refractivity contribution in [2.75, 3.05) is 51.3 Å². The topological polar surface area (TPSA) is 77.4 Å². The smallest absolute Gasteiger partial charge is 0.305 e. The first-order valence-corrected chi connectivity index (χ1v) is 10.3. The van der Waals surface area contributed by atoms with Crippen molar-refractivity contribution in [2.45, 2.75) is 39.0 Å². The second kappa shape index (κ2) is 12.1. The summed E-state index contributed by atoms with van der Waals surface area (Å²) < 4.78 is 4.65. The van der Waals surface area contributed by atoms with Crippen LogP contribution in [0.2, 0.25) is 0 Å². The predicted molar refractivity (Wildman–Crippen MR) is 113 cm³/mol. The van der Waals surface area contributed by atoms with Crippen LogP contribution in [0.25, 0.3) is 0 Å². The molecule has 1 fully saturated rings. The van der Waals surface area contributed by atoms with Crippen molar-refractivity contribution < 1.29 is 14.6 Å². The number of unbranched alkanes of at least 4 members (excludes halogenated alkanes) is 3. The van der Waals surface area contributed by atoms with Crippen LogP contribution in [0.5, 0.6) is 5.75 Å². The Kier molecular flexibility index (Phi) is 9.45. The SMILES string of the molecule is CCNC(=NCCCCCCC(=O)OC)N1CCN(c2ccccc2O)CC1. The molecule has 1 heterocycles. The van der Waals surface area contributed by atoms with Gasteiger partial charge in [0.15, 0.2) is 5.96 Å². The number of aromatic hydroxyl groups is 1. The normalized spacial score (nSPS) is 14.9. The lowest BCUT2D eigenvalue weighted by Gasteiger charge is -2.37. The van der Waals surface area contributed by atoms with E-state index in [1.165, 1.54) is 7.11 Å². The molecule has 28 heavy (non-hydrogen) atoms. The molecular weight excluding hydrogens is 356 g/mol. The van der Waals surface area contributed by atoms with E-state index in [0.717, 1.165) is 76.6 Å². The monoisotopic (exact) mass is 390 g/mol. The fraction of sp³-hybridized carbons (Fsp3) is 0.619. The molecule has 0 saturated carbocycles. The molecule has 7 heteroatoms. The van der Waals surface area contributed by atoms with Crippen LogP contribution in [0.15, 0.2) is 29.3 Å². The molecule has 0 amide bonds. The number of aliphatic imine (C=N–C) groups is 1. The van der Waals surface area contributed by atoms with Crippen molar-refractivity contribution in [3.63, 3.8) is 0 Å². The molecule has 0 radical (unpaired) electrons. The molecule has 0 unspecified atom stereocenters. The van der Waals surface area contributed by atoms with Crippen molar-refractivity contribution in [3.05, 3.63) is 24.3 Å². The van der Waals surface area contributed by atoms with E-state index in [0.29, 0.717) is 12.2 Å². The Balaban J connectivity index is 1.75. The summed E-state index contributed by atoms with van der Waals surface area (Å²) in [5.74, 6) is 1.17. The number of ether oxygens (including phenoxy) is 1. The third-order valence-electron chi connectivity index (χ3n) is 4.91. The van der Waals surface area contributed by atoms with Gasteiger partial charge < -0.3 is 25.0 Å². The lowest BCUT2D eigenvalue weighted by molar-refractivity contribution is -0.140. The number of para-hydroxylation sites is 2. The van der Waals surface area contributed by atoms with Crippen LogP contribution >= 0.6 is 0 Å². The molecule has 1 aromatic rings. The van der Waals surface area contributed by atoms with E-state index < -0.39 is 0 Å². The number of guanidine groups is 1. The van der Waals surface area contributed by atoms with Crippen LogP contribution in [-0.4, -0.2) is 68.3 Å². The van der Waals surface area contributed by atoms with Gasteiger partial charge in [0.05, 0.1) is 12.8 Å². The molecule has 0 bridgehead atoms. The maximum atomic E-state index is 11.1. The first-order valence-electron chi connectivity index (χ1n) is 10.3. The number of benzene rings is 1. The minimum atomic E-state index is -0.129. The molecular formula is C21H34N4O3. The highest BCUT2D eigenvalue weighted by molar-refractivity contribution is 5.80. The number of carbonyl (C=O) groups excluding carboxylic acids is 1. The van der Waals surface area contributed by atoms with E-state index in [2.05, 4.69) is 26.8 Å². The molecule has 1 saturated heterocycles. The fourth-order valence-electron chi connectivity index (χ4n) is 3.34. The number of phenols is 1. The zero-order valence-corrected chi connectivity index (χ0v) is 17.2. The van der Waals surface area contributed by atoms with Gasteiger partial charge in [0.1, 0.15) is 5.75 Å². The molecule has 0 atom stereocenters. The number of nitrogens with one attached hydrogen (secondary N) is 1. The zero-order chi connectivity index (χ0) is 20.2. The summed E-state index contributed by atoms with van der Waals surface area (Å²) in [6, 6.07) is 7.50. The van der Waals surface area contributed by atoms with Crippen LogP contribution in [-0.2, 0) is 9.53 Å². The fourth-order valence-corrected chi connectivity index (χ4v) is 3.34. The van der Waals surface area contributed by atoms with E-state index in [9.17, 15) is 9.90 Å². The summed E-state index contributed by atoms with van der Waals surface area (Å²) in [7, 11) is 1.43. The minimum Gasteiger partial charge on any atom is -0.506 e. The Hall–Kier alpha value is -2.44. The number of piperazine rings is 1. The average Bonchev–Trinajstić information content (AvgIpc) is 2.72. The lowest BCUT2D eigenvalue weighted by Crippen LogP contribution is -2.52. The van der Waals surface area contributed by atoms with Gasteiger partial charge in [0.25, 0.3) is 0 Å². The third kappa shape index (κ3) is 6.94. The second-order valence-electron chi connectivity index (χ2n) is 6.94. The predicted octanol–water partition coefficient (Wildman–Crippen LogP) is 2.60. The minimum absolute atomic E-state index is 0.129. The summed E-state index contributed by atoms with van der Waals surface area (Å²) in [6.07, 6.45) is 4.50. The molecule has 1 aliphatic rings. The van der Waals surface area contributed by atoms with Crippen LogP contribution in [0.1, 0.15) is 39.0 Å².